The third-order valence-electron chi connectivity index (χ3n) is 4.58. The molecule has 0 unspecified atom stereocenters. The molecule has 0 aliphatic heterocycles. The van der Waals surface area contributed by atoms with E-state index in [-0.39, 0.29) is 42.9 Å². The van der Waals surface area contributed by atoms with Gasteiger partial charge < -0.3 is 10.6 Å². The molecule has 0 fully saturated rings. The average molecular weight is 376 g/mol. The van der Waals surface area contributed by atoms with Crippen molar-refractivity contribution < 1.29 is 9.59 Å². The SMILES string of the molecule is CCN(CC(=O)NC(C)C)CC(=O)N[C@H](c1ccc(C(C)C)cc1)C(C)C. The van der Waals surface area contributed by atoms with Gasteiger partial charge in [0.15, 0.2) is 0 Å². The molecule has 0 spiro atoms. The fourth-order valence-corrected chi connectivity index (χ4v) is 3.00. The Labute approximate surface area is 164 Å². The van der Waals surface area contributed by atoms with E-state index in [1.165, 1.54) is 5.56 Å². The molecule has 5 nitrogen and oxygen atoms in total. The van der Waals surface area contributed by atoms with Gasteiger partial charge in [0.2, 0.25) is 11.8 Å². The molecular formula is C22H37N3O2. The third kappa shape index (κ3) is 8.12. The van der Waals surface area contributed by atoms with Gasteiger partial charge >= 0.3 is 0 Å². The number of hydrogen-bond donors (Lipinski definition) is 2. The summed E-state index contributed by atoms with van der Waals surface area (Å²) in [5.41, 5.74) is 2.41. The van der Waals surface area contributed by atoms with Crippen molar-refractivity contribution in [2.45, 2.75) is 66.5 Å². The number of likely N-dealkylation sites (N-methyl/N-ethyl adjacent to an activating group) is 1. The van der Waals surface area contributed by atoms with Crippen LogP contribution in [-0.2, 0) is 9.59 Å². The van der Waals surface area contributed by atoms with Crippen LogP contribution >= 0.6 is 0 Å². The molecule has 0 heterocycles. The zero-order valence-electron chi connectivity index (χ0n) is 18.0. The maximum Gasteiger partial charge on any atom is 0.234 e. The number of nitrogens with one attached hydrogen (secondary N) is 2. The Kier molecular flexibility index (Phi) is 9.50. The minimum Gasteiger partial charge on any atom is -0.353 e. The van der Waals surface area contributed by atoms with Crippen molar-refractivity contribution in [1.82, 2.24) is 15.5 Å². The zero-order chi connectivity index (χ0) is 20.6. The Morgan fingerprint density at radius 1 is 0.852 bits per heavy atom. The van der Waals surface area contributed by atoms with Crippen molar-refractivity contribution in [3.05, 3.63) is 35.4 Å². The lowest BCUT2D eigenvalue weighted by molar-refractivity contribution is -0.125. The molecule has 0 aliphatic rings. The summed E-state index contributed by atoms with van der Waals surface area (Å²) >= 11 is 0. The largest absolute Gasteiger partial charge is 0.353 e. The average Bonchev–Trinajstić information content (AvgIpc) is 2.58. The number of benzene rings is 1. The Balaban J connectivity index is 2.73. The highest BCUT2D eigenvalue weighted by Crippen LogP contribution is 2.24. The van der Waals surface area contributed by atoms with Gasteiger partial charge in [-0.15, -0.1) is 0 Å². The molecule has 1 aromatic rings. The predicted octanol–water partition coefficient (Wildman–Crippen LogP) is 3.47. The van der Waals surface area contributed by atoms with E-state index in [1.807, 2.05) is 25.7 Å². The van der Waals surface area contributed by atoms with Crippen LogP contribution in [0.5, 0.6) is 0 Å². The lowest BCUT2D eigenvalue weighted by Gasteiger charge is -2.26. The highest BCUT2D eigenvalue weighted by Gasteiger charge is 2.20. The van der Waals surface area contributed by atoms with E-state index in [0.29, 0.717) is 12.5 Å². The smallest absolute Gasteiger partial charge is 0.234 e. The summed E-state index contributed by atoms with van der Waals surface area (Å²) in [5.74, 6) is 0.657. The van der Waals surface area contributed by atoms with E-state index in [4.69, 9.17) is 0 Å². The summed E-state index contributed by atoms with van der Waals surface area (Å²) in [7, 11) is 0. The van der Waals surface area contributed by atoms with Crippen LogP contribution in [0.2, 0.25) is 0 Å². The topological polar surface area (TPSA) is 61.4 Å². The quantitative estimate of drug-likeness (QED) is 0.658. The maximum atomic E-state index is 12.6. The second kappa shape index (κ2) is 11.1. The fraction of sp³-hybridized carbons (Fsp3) is 0.636. The van der Waals surface area contributed by atoms with Gasteiger partial charge in [0.25, 0.3) is 0 Å². The normalized spacial score (nSPS) is 12.7. The van der Waals surface area contributed by atoms with Gasteiger partial charge in [-0.3, -0.25) is 14.5 Å². The number of rotatable bonds is 10. The van der Waals surface area contributed by atoms with Crippen molar-refractivity contribution in [3.8, 4) is 0 Å². The van der Waals surface area contributed by atoms with Crippen LogP contribution in [0.3, 0.4) is 0 Å². The van der Waals surface area contributed by atoms with E-state index in [1.54, 1.807) is 0 Å². The van der Waals surface area contributed by atoms with E-state index in [0.717, 1.165) is 5.56 Å². The number of hydrogen-bond acceptors (Lipinski definition) is 3. The molecule has 1 aromatic carbocycles. The zero-order valence-corrected chi connectivity index (χ0v) is 18.0. The summed E-state index contributed by atoms with van der Waals surface area (Å²) in [5, 5.41) is 6.02. The van der Waals surface area contributed by atoms with E-state index >= 15 is 0 Å². The molecule has 0 saturated carbocycles. The summed E-state index contributed by atoms with van der Waals surface area (Å²) < 4.78 is 0. The van der Waals surface area contributed by atoms with Gasteiger partial charge in [-0.2, -0.15) is 0 Å². The molecule has 0 aliphatic carbocycles. The first kappa shape index (κ1) is 23.2. The lowest BCUT2D eigenvalue weighted by Crippen LogP contribution is -2.45. The molecule has 1 atom stereocenters. The van der Waals surface area contributed by atoms with Crippen LogP contribution in [0.1, 0.15) is 71.6 Å². The first-order chi connectivity index (χ1) is 12.6. The van der Waals surface area contributed by atoms with Crippen molar-refractivity contribution in [2.75, 3.05) is 19.6 Å². The summed E-state index contributed by atoms with van der Waals surface area (Å²) in [6, 6.07) is 8.54. The second-order valence-electron chi connectivity index (χ2n) is 8.14. The van der Waals surface area contributed by atoms with E-state index in [2.05, 4.69) is 62.6 Å². The van der Waals surface area contributed by atoms with Gasteiger partial charge in [0.05, 0.1) is 19.1 Å². The molecule has 2 amide bonds. The molecule has 27 heavy (non-hydrogen) atoms. The lowest BCUT2D eigenvalue weighted by atomic mass is 9.93. The highest BCUT2D eigenvalue weighted by atomic mass is 16.2. The molecule has 0 radical (unpaired) electrons. The summed E-state index contributed by atoms with van der Waals surface area (Å²) in [6.07, 6.45) is 0. The van der Waals surface area contributed by atoms with Crippen LogP contribution in [0.4, 0.5) is 0 Å². The van der Waals surface area contributed by atoms with Crippen molar-refractivity contribution in [1.29, 1.82) is 0 Å². The molecule has 5 heteroatoms. The first-order valence-electron chi connectivity index (χ1n) is 10.0. The molecule has 1 rings (SSSR count). The molecule has 0 bridgehead atoms. The van der Waals surface area contributed by atoms with Crippen LogP contribution in [-0.4, -0.2) is 42.4 Å². The molecule has 0 aromatic heterocycles. The molecule has 0 saturated heterocycles. The molecule has 152 valence electrons. The van der Waals surface area contributed by atoms with Crippen molar-refractivity contribution in [2.24, 2.45) is 5.92 Å². The first-order valence-corrected chi connectivity index (χ1v) is 10.0. The van der Waals surface area contributed by atoms with Crippen LogP contribution in [0, 0.1) is 5.92 Å². The standard InChI is InChI=1S/C22H37N3O2/c1-8-25(13-20(26)23-17(6)7)14-21(27)24-22(16(4)5)19-11-9-18(10-12-19)15(2)3/h9-12,15-17,22H,8,13-14H2,1-7H3,(H,23,26)(H,24,27)/t22-/m0/s1. The fourth-order valence-electron chi connectivity index (χ4n) is 3.00. The Bertz CT molecular complexity index is 594. The van der Waals surface area contributed by atoms with Gasteiger partial charge in [-0.05, 0) is 43.4 Å². The van der Waals surface area contributed by atoms with Crippen molar-refractivity contribution in [3.63, 3.8) is 0 Å². The van der Waals surface area contributed by atoms with Gasteiger partial charge in [0.1, 0.15) is 0 Å². The van der Waals surface area contributed by atoms with Crippen LogP contribution in [0.15, 0.2) is 24.3 Å². The molecular weight excluding hydrogens is 338 g/mol. The summed E-state index contributed by atoms with van der Waals surface area (Å²) in [6.45, 7) is 15.5. The number of carbonyl (C=O) groups is 2. The minimum absolute atomic E-state index is 0.0399. The maximum absolute atomic E-state index is 12.6. The second-order valence-corrected chi connectivity index (χ2v) is 8.14. The van der Waals surface area contributed by atoms with Gasteiger partial charge in [-0.25, -0.2) is 0 Å². The Hall–Kier alpha value is -1.88. The Morgan fingerprint density at radius 2 is 1.33 bits per heavy atom. The van der Waals surface area contributed by atoms with Crippen molar-refractivity contribution >= 4 is 11.8 Å². The van der Waals surface area contributed by atoms with Gasteiger partial charge in [0, 0.05) is 6.04 Å². The number of carbonyl (C=O) groups excluding carboxylic acids is 2. The highest BCUT2D eigenvalue weighted by molar-refractivity contribution is 5.81. The van der Waals surface area contributed by atoms with Crippen LogP contribution in [0.25, 0.3) is 0 Å². The predicted molar refractivity (Wildman–Crippen MR) is 112 cm³/mol. The van der Waals surface area contributed by atoms with E-state index < -0.39 is 0 Å². The van der Waals surface area contributed by atoms with Crippen LogP contribution < -0.4 is 10.6 Å². The number of amides is 2. The summed E-state index contributed by atoms with van der Waals surface area (Å²) in [4.78, 5) is 26.4. The third-order valence-corrected chi connectivity index (χ3v) is 4.58. The van der Waals surface area contributed by atoms with Gasteiger partial charge in [-0.1, -0.05) is 58.9 Å². The Morgan fingerprint density at radius 3 is 1.74 bits per heavy atom. The minimum atomic E-state index is -0.0548. The van der Waals surface area contributed by atoms with E-state index in [9.17, 15) is 9.59 Å². The molecule has 2 N–H and O–H groups in total. The number of nitrogens with zero attached hydrogens (tertiary/aromatic N) is 1. The monoisotopic (exact) mass is 375 g/mol.